The Balaban J connectivity index is 2.11. The van der Waals surface area contributed by atoms with Gasteiger partial charge in [-0.25, -0.2) is 4.98 Å². The van der Waals surface area contributed by atoms with Gasteiger partial charge in [-0.2, -0.15) is 0 Å². The highest BCUT2D eigenvalue weighted by molar-refractivity contribution is 5.04. The molecule has 1 atom stereocenters. The van der Waals surface area contributed by atoms with Gasteiger partial charge in [-0.05, 0) is 19.3 Å². The van der Waals surface area contributed by atoms with Crippen molar-refractivity contribution in [1.29, 1.82) is 0 Å². The predicted octanol–water partition coefficient (Wildman–Crippen LogP) is 2.23. The number of aromatic amines is 1. The highest BCUT2D eigenvalue weighted by Crippen LogP contribution is 2.25. The van der Waals surface area contributed by atoms with Crippen LogP contribution in [0.2, 0.25) is 0 Å². The van der Waals surface area contributed by atoms with Crippen molar-refractivity contribution in [3.05, 3.63) is 30.4 Å². The Kier molecular flexibility index (Phi) is 1.76. The summed E-state index contributed by atoms with van der Waals surface area (Å²) in [7, 11) is 0. The molecule has 1 aromatic rings. The molecule has 58 valence electrons. The van der Waals surface area contributed by atoms with E-state index in [1.807, 2.05) is 12.4 Å². The first-order valence-electron chi connectivity index (χ1n) is 4.11. The fraction of sp³-hybridized carbons (Fsp3) is 0.444. The van der Waals surface area contributed by atoms with Gasteiger partial charge in [0.2, 0.25) is 0 Å². The molecule has 1 aromatic heterocycles. The number of nitrogens with one attached hydrogen (secondary N) is 1. The summed E-state index contributed by atoms with van der Waals surface area (Å²) in [6, 6.07) is 0. The van der Waals surface area contributed by atoms with Crippen LogP contribution < -0.4 is 0 Å². The maximum Gasteiger partial charge on any atom is 0.109 e. The zero-order chi connectivity index (χ0) is 7.52. The Labute approximate surface area is 66.4 Å². The molecule has 1 unspecified atom stereocenters. The largest absolute Gasteiger partial charge is 0.348 e. The van der Waals surface area contributed by atoms with E-state index in [0.29, 0.717) is 5.92 Å². The SMILES string of the molecule is C1=CCC(c2ncc[nH]2)CC1. The van der Waals surface area contributed by atoms with Crippen LogP contribution in [0.5, 0.6) is 0 Å². The first kappa shape index (κ1) is 6.65. The quantitative estimate of drug-likeness (QED) is 0.608. The lowest BCUT2D eigenvalue weighted by Crippen LogP contribution is -2.02. The highest BCUT2D eigenvalue weighted by Gasteiger charge is 2.13. The molecule has 1 N–H and O–H groups in total. The number of H-pyrrole nitrogens is 1. The monoisotopic (exact) mass is 148 g/mol. The van der Waals surface area contributed by atoms with E-state index in [9.17, 15) is 0 Å². The van der Waals surface area contributed by atoms with Gasteiger partial charge < -0.3 is 4.98 Å². The number of hydrogen-bond donors (Lipinski definition) is 1. The lowest BCUT2D eigenvalue weighted by atomic mass is 9.94. The Morgan fingerprint density at radius 3 is 3.09 bits per heavy atom. The molecule has 2 heteroatoms. The van der Waals surface area contributed by atoms with Crippen LogP contribution in [-0.4, -0.2) is 9.97 Å². The lowest BCUT2D eigenvalue weighted by molar-refractivity contribution is 0.588. The van der Waals surface area contributed by atoms with Gasteiger partial charge in [0.1, 0.15) is 5.82 Å². The zero-order valence-electron chi connectivity index (χ0n) is 6.46. The van der Waals surface area contributed by atoms with Gasteiger partial charge in [0.05, 0.1) is 0 Å². The van der Waals surface area contributed by atoms with Crippen molar-refractivity contribution in [1.82, 2.24) is 9.97 Å². The smallest absolute Gasteiger partial charge is 0.109 e. The van der Waals surface area contributed by atoms with Gasteiger partial charge in [0.15, 0.2) is 0 Å². The average Bonchev–Trinajstić information content (AvgIpc) is 2.58. The van der Waals surface area contributed by atoms with Crippen LogP contribution >= 0.6 is 0 Å². The third kappa shape index (κ3) is 1.34. The Morgan fingerprint density at radius 1 is 1.45 bits per heavy atom. The summed E-state index contributed by atoms with van der Waals surface area (Å²) in [5, 5.41) is 0. The van der Waals surface area contributed by atoms with Crippen LogP contribution in [0.25, 0.3) is 0 Å². The fourth-order valence-electron chi connectivity index (χ4n) is 1.54. The Bertz CT molecular complexity index is 236. The molecule has 1 aliphatic carbocycles. The normalized spacial score (nSPS) is 23.8. The molecule has 11 heavy (non-hydrogen) atoms. The fourth-order valence-corrected chi connectivity index (χ4v) is 1.54. The molecular weight excluding hydrogens is 136 g/mol. The van der Waals surface area contributed by atoms with E-state index in [1.54, 1.807) is 0 Å². The van der Waals surface area contributed by atoms with Gasteiger partial charge in [-0.3, -0.25) is 0 Å². The van der Waals surface area contributed by atoms with Crippen molar-refractivity contribution in [2.75, 3.05) is 0 Å². The molecule has 0 spiro atoms. The van der Waals surface area contributed by atoms with Gasteiger partial charge >= 0.3 is 0 Å². The van der Waals surface area contributed by atoms with Crippen molar-refractivity contribution in [2.45, 2.75) is 25.2 Å². The van der Waals surface area contributed by atoms with E-state index >= 15 is 0 Å². The minimum atomic E-state index is 0.634. The van der Waals surface area contributed by atoms with Crippen LogP contribution in [0.15, 0.2) is 24.5 Å². The van der Waals surface area contributed by atoms with Crippen LogP contribution in [0.1, 0.15) is 31.0 Å². The molecule has 2 nitrogen and oxygen atoms in total. The molecule has 2 rings (SSSR count). The molecular formula is C9H12N2. The van der Waals surface area contributed by atoms with E-state index in [4.69, 9.17) is 0 Å². The van der Waals surface area contributed by atoms with Crippen molar-refractivity contribution < 1.29 is 0 Å². The van der Waals surface area contributed by atoms with Gasteiger partial charge in [0.25, 0.3) is 0 Å². The summed E-state index contributed by atoms with van der Waals surface area (Å²) in [5.41, 5.74) is 0. The third-order valence-corrected chi connectivity index (χ3v) is 2.18. The zero-order valence-corrected chi connectivity index (χ0v) is 6.46. The summed E-state index contributed by atoms with van der Waals surface area (Å²) in [6.45, 7) is 0. The standard InChI is InChI=1S/C9H12N2/c1-2-4-8(5-3-1)9-10-6-7-11-9/h1-2,6-8H,3-5H2,(H,10,11). The molecule has 0 saturated carbocycles. The topological polar surface area (TPSA) is 28.7 Å². The minimum Gasteiger partial charge on any atom is -0.348 e. The molecule has 0 aliphatic heterocycles. The van der Waals surface area contributed by atoms with Crippen LogP contribution in [-0.2, 0) is 0 Å². The van der Waals surface area contributed by atoms with Gasteiger partial charge in [-0.15, -0.1) is 0 Å². The summed E-state index contributed by atoms with van der Waals surface area (Å²) in [4.78, 5) is 7.41. The molecule has 0 radical (unpaired) electrons. The summed E-state index contributed by atoms with van der Waals surface area (Å²) < 4.78 is 0. The van der Waals surface area contributed by atoms with E-state index < -0.39 is 0 Å². The number of rotatable bonds is 1. The number of allylic oxidation sites excluding steroid dienone is 2. The van der Waals surface area contributed by atoms with Gasteiger partial charge in [0, 0.05) is 18.3 Å². The number of hydrogen-bond acceptors (Lipinski definition) is 1. The lowest BCUT2D eigenvalue weighted by Gasteiger charge is -2.14. The summed E-state index contributed by atoms with van der Waals surface area (Å²) >= 11 is 0. The number of nitrogens with zero attached hydrogens (tertiary/aromatic N) is 1. The molecule has 0 fully saturated rings. The van der Waals surface area contributed by atoms with E-state index in [1.165, 1.54) is 12.8 Å². The molecule has 0 bridgehead atoms. The molecule has 0 saturated heterocycles. The third-order valence-electron chi connectivity index (χ3n) is 2.18. The minimum absolute atomic E-state index is 0.634. The van der Waals surface area contributed by atoms with E-state index in [0.717, 1.165) is 12.2 Å². The van der Waals surface area contributed by atoms with Crippen molar-refractivity contribution >= 4 is 0 Å². The highest BCUT2D eigenvalue weighted by atomic mass is 14.9. The van der Waals surface area contributed by atoms with Crippen LogP contribution in [0.3, 0.4) is 0 Å². The average molecular weight is 148 g/mol. The number of aromatic nitrogens is 2. The molecule has 0 amide bonds. The van der Waals surface area contributed by atoms with E-state index in [2.05, 4.69) is 22.1 Å². The van der Waals surface area contributed by atoms with Crippen LogP contribution in [0.4, 0.5) is 0 Å². The molecule has 0 aromatic carbocycles. The maximum absolute atomic E-state index is 4.25. The molecule has 1 aliphatic rings. The van der Waals surface area contributed by atoms with Gasteiger partial charge in [-0.1, -0.05) is 12.2 Å². The first-order valence-corrected chi connectivity index (χ1v) is 4.11. The second-order valence-corrected chi connectivity index (χ2v) is 2.96. The van der Waals surface area contributed by atoms with Crippen LogP contribution in [0, 0.1) is 0 Å². The summed E-state index contributed by atoms with van der Waals surface area (Å²) in [6.07, 6.45) is 11.8. The second kappa shape index (κ2) is 2.91. The van der Waals surface area contributed by atoms with Crippen molar-refractivity contribution in [3.63, 3.8) is 0 Å². The van der Waals surface area contributed by atoms with Crippen molar-refractivity contribution in [3.8, 4) is 0 Å². The first-order chi connectivity index (χ1) is 5.47. The second-order valence-electron chi connectivity index (χ2n) is 2.96. The predicted molar refractivity (Wildman–Crippen MR) is 44.3 cm³/mol. The van der Waals surface area contributed by atoms with Crippen molar-refractivity contribution in [2.24, 2.45) is 0 Å². The number of imidazole rings is 1. The Hall–Kier alpha value is -1.05. The molecule has 1 heterocycles. The summed E-state index contributed by atoms with van der Waals surface area (Å²) in [5.74, 6) is 1.78. The van der Waals surface area contributed by atoms with E-state index in [-0.39, 0.29) is 0 Å². The maximum atomic E-state index is 4.25. The Morgan fingerprint density at radius 2 is 2.45 bits per heavy atom.